The number of amides is 1. The van der Waals surface area contributed by atoms with Crippen LogP contribution in [0.3, 0.4) is 0 Å². The van der Waals surface area contributed by atoms with Crippen molar-refractivity contribution in [2.75, 3.05) is 0 Å². The van der Waals surface area contributed by atoms with E-state index in [-0.39, 0.29) is 11.8 Å². The highest BCUT2D eigenvalue weighted by atomic mass is 35.5. The van der Waals surface area contributed by atoms with E-state index in [1.165, 1.54) is 6.20 Å². The largest absolute Gasteiger partial charge is 0.332 e. The van der Waals surface area contributed by atoms with Crippen molar-refractivity contribution in [1.29, 1.82) is 0 Å². The summed E-state index contributed by atoms with van der Waals surface area (Å²) in [6.07, 6.45) is 4.83. The van der Waals surface area contributed by atoms with Crippen molar-refractivity contribution in [2.45, 2.75) is 0 Å². The SMILES string of the molecule is O=C1NC=CC2=NC=C(Cl)C12. The summed E-state index contributed by atoms with van der Waals surface area (Å²) in [6.45, 7) is 0. The maximum atomic E-state index is 11.1. The van der Waals surface area contributed by atoms with Gasteiger partial charge in [0, 0.05) is 12.4 Å². The van der Waals surface area contributed by atoms with Gasteiger partial charge in [0.25, 0.3) is 0 Å². The zero-order valence-electron chi connectivity index (χ0n) is 5.54. The van der Waals surface area contributed by atoms with Gasteiger partial charge in [0.15, 0.2) is 0 Å². The summed E-state index contributed by atoms with van der Waals surface area (Å²) in [5, 5.41) is 3.05. The second-order valence-electron chi connectivity index (χ2n) is 2.34. The second-order valence-corrected chi connectivity index (χ2v) is 2.78. The van der Waals surface area contributed by atoms with E-state index < -0.39 is 0 Å². The van der Waals surface area contributed by atoms with Gasteiger partial charge < -0.3 is 5.32 Å². The number of hydrogen-bond acceptors (Lipinski definition) is 2. The number of nitrogens with one attached hydrogen (secondary N) is 1. The van der Waals surface area contributed by atoms with Gasteiger partial charge in [-0.3, -0.25) is 9.79 Å². The molecule has 0 fully saturated rings. The van der Waals surface area contributed by atoms with Gasteiger partial charge in [-0.1, -0.05) is 11.6 Å². The smallest absolute Gasteiger partial charge is 0.238 e. The first-order chi connectivity index (χ1) is 5.29. The Morgan fingerprint density at radius 1 is 1.64 bits per heavy atom. The number of halogens is 1. The average molecular weight is 169 g/mol. The summed E-state index contributed by atoms with van der Waals surface area (Å²) >= 11 is 5.73. The van der Waals surface area contributed by atoms with Crippen LogP contribution in [0.2, 0.25) is 0 Å². The van der Waals surface area contributed by atoms with Gasteiger partial charge in [-0.25, -0.2) is 0 Å². The zero-order valence-corrected chi connectivity index (χ0v) is 6.30. The molecular formula is C7H5ClN2O. The van der Waals surface area contributed by atoms with E-state index in [9.17, 15) is 4.79 Å². The molecule has 1 amide bonds. The van der Waals surface area contributed by atoms with Crippen molar-refractivity contribution < 1.29 is 4.79 Å². The van der Waals surface area contributed by atoms with Crippen LogP contribution in [0.4, 0.5) is 0 Å². The van der Waals surface area contributed by atoms with E-state index in [1.807, 2.05) is 0 Å². The zero-order chi connectivity index (χ0) is 7.84. The molecule has 1 atom stereocenters. The fourth-order valence-electron chi connectivity index (χ4n) is 1.12. The summed E-state index contributed by atoms with van der Waals surface area (Å²) < 4.78 is 0. The number of aliphatic imine (C=N–C) groups is 1. The van der Waals surface area contributed by atoms with Crippen molar-refractivity contribution in [3.63, 3.8) is 0 Å². The quantitative estimate of drug-likeness (QED) is 0.571. The Bertz CT molecular complexity index is 304. The van der Waals surface area contributed by atoms with E-state index in [0.29, 0.717) is 5.03 Å². The highest BCUT2D eigenvalue weighted by Gasteiger charge is 2.30. The molecule has 4 heteroatoms. The number of hydrogen-bond donors (Lipinski definition) is 1. The molecule has 3 nitrogen and oxygen atoms in total. The maximum Gasteiger partial charge on any atom is 0.238 e. The lowest BCUT2D eigenvalue weighted by Crippen LogP contribution is -2.34. The first kappa shape index (κ1) is 6.61. The first-order valence-electron chi connectivity index (χ1n) is 3.19. The molecule has 0 aliphatic carbocycles. The summed E-state index contributed by atoms with van der Waals surface area (Å²) in [7, 11) is 0. The Labute approximate surface area is 68.4 Å². The van der Waals surface area contributed by atoms with Crippen molar-refractivity contribution in [1.82, 2.24) is 5.32 Å². The predicted molar refractivity (Wildman–Crippen MR) is 42.1 cm³/mol. The van der Waals surface area contributed by atoms with Crippen LogP contribution in [0.25, 0.3) is 0 Å². The molecule has 2 aliphatic heterocycles. The number of carbonyl (C=O) groups excluding carboxylic acids is 1. The fraction of sp³-hybridized carbons (Fsp3) is 0.143. The van der Waals surface area contributed by atoms with E-state index >= 15 is 0 Å². The molecule has 56 valence electrons. The molecular weight excluding hydrogens is 164 g/mol. The van der Waals surface area contributed by atoms with Crippen LogP contribution < -0.4 is 5.32 Å². The lowest BCUT2D eigenvalue weighted by molar-refractivity contribution is -0.121. The van der Waals surface area contributed by atoms with Gasteiger partial charge in [0.05, 0.1) is 10.7 Å². The lowest BCUT2D eigenvalue weighted by Gasteiger charge is -2.13. The third-order valence-corrected chi connectivity index (χ3v) is 1.97. The van der Waals surface area contributed by atoms with Crippen LogP contribution in [-0.2, 0) is 4.79 Å². The van der Waals surface area contributed by atoms with Crippen LogP contribution in [0.15, 0.2) is 28.5 Å². The summed E-state index contributed by atoms with van der Waals surface area (Å²) in [6, 6.07) is 0. The Kier molecular flexibility index (Phi) is 1.32. The van der Waals surface area contributed by atoms with Crippen molar-refractivity contribution >= 4 is 23.2 Å². The minimum Gasteiger partial charge on any atom is -0.332 e. The molecule has 2 rings (SSSR count). The van der Waals surface area contributed by atoms with E-state index in [4.69, 9.17) is 11.6 Å². The Hall–Kier alpha value is -1.09. The number of nitrogens with zero attached hydrogens (tertiary/aromatic N) is 1. The molecule has 1 N–H and O–H groups in total. The number of rotatable bonds is 0. The molecule has 0 radical (unpaired) electrons. The van der Waals surface area contributed by atoms with Crippen LogP contribution in [-0.4, -0.2) is 11.6 Å². The fourth-order valence-corrected chi connectivity index (χ4v) is 1.38. The highest BCUT2D eigenvalue weighted by molar-refractivity contribution is 6.36. The molecule has 0 aromatic heterocycles. The van der Waals surface area contributed by atoms with Crippen LogP contribution >= 0.6 is 11.6 Å². The normalized spacial score (nSPS) is 27.4. The molecule has 1 unspecified atom stereocenters. The van der Waals surface area contributed by atoms with Gasteiger partial charge in [-0.15, -0.1) is 0 Å². The molecule has 11 heavy (non-hydrogen) atoms. The van der Waals surface area contributed by atoms with Gasteiger partial charge in [0.1, 0.15) is 5.92 Å². The van der Waals surface area contributed by atoms with E-state index in [2.05, 4.69) is 10.3 Å². The molecule has 2 heterocycles. The Morgan fingerprint density at radius 2 is 2.45 bits per heavy atom. The van der Waals surface area contributed by atoms with Crippen LogP contribution in [0.5, 0.6) is 0 Å². The molecule has 0 bridgehead atoms. The molecule has 0 saturated heterocycles. The minimum atomic E-state index is -0.360. The van der Waals surface area contributed by atoms with Gasteiger partial charge in [-0.05, 0) is 6.08 Å². The van der Waals surface area contributed by atoms with Crippen LogP contribution in [0, 0.1) is 5.92 Å². The third kappa shape index (κ3) is 0.886. The molecule has 0 spiro atoms. The Balaban J connectivity index is 2.42. The van der Waals surface area contributed by atoms with Crippen LogP contribution in [0.1, 0.15) is 0 Å². The molecule has 0 aromatic rings. The second kappa shape index (κ2) is 2.20. The maximum absolute atomic E-state index is 11.1. The number of fused-ring (bicyclic) bond motifs is 1. The van der Waals surface area contributed by atoms with Crippen molar-refractivity contribution in [2.24, 2.45) is 10.9 Å². The van der Waals surface area contributed by atoms with Gasteiger partial charge >= 0.3 is 0 Å². The summed E-state index contributed by atoms with van der Waals surface area (Å²) in [5.41, 5.74) is 0.721. The Morgan fingerprint density at radius 3 is 3.18 bits per heavy atom. The van der Waals surface area contributed by atoms with Crippen molar-refractivity contribution in [3.05, 3.63) is 23.5 Å². The van der Waals surface area contributed by atoms with E-state index in [0.717, 1.165) is 5.71 Å². The topological polar surface area (TPSA) is 41.5 Å². The number of carbonyl (C=O) groups is 1. The predicted octanol–water partition coefficient (Wildman–Crippen LogP) is 0.781. The summed E-state index contributed by atoms with van der Waals surface area (Å²) in [4.78, 5) is 15.1. The molecule has 0 aromatic carbocycles. The lowest BCUT2D eigenvalue weighted by atomic mass is 10.0. The summed E-state index contributed by atoms with van der Waals surface area (Å²) in [5.74, 6) is -0.466. The first-order valence-corrected chi connectivity index (χ1v) is 3.57. The van der Waals surface area contributed by atoms with E-state index in [1.54, 1.807) is 12.3 Å². The monoisotopic (exact) mass is 168 g/mol. The average Bonchev–Trinajstić information content (AvgIpc) is 2.34. The third-order valence-electron chi connectivity index (χ3n) is 1.65. The molecule has 0 saturated carbocycles. The van der Waals surface area contributed by atoms with Gasteiger partial charge in [-0.2, -0.15) is 0 Å². The standard InChI is InChI=1S/C7H5ClN2O/c8-4-3-10-5-1-2-9-7(11)6(4)5/h1-3,6H,(H,9,11). The van der Waals surface area contributed by atoms with Crippen molar-refractivity contribution in [3.8, 4) is 0 Å². The number of allylic oxidation sites excluding steroid dienone is 1. The minimum absolute atomic E-state index is 0.106. The molecule has 2 aliphatic rings. The highest BCUT2D eigenvalue weighted by Crippen LogP contribution is 2.25. The van der Waals surface area contributed by atoms with Gasteiger partial charge in [0.2, 0.25) is 5.91 Å².